The summed E-state index contributed by atoms with van der Waals surface area (Å²) in [5, 5.41) is 9.88. The van der Waals surface area contributed by atoms with Gasteiger partial charge in [-0.2, -0.15) is 0 Å². The number of benzene rings is 2. The molecule has 3 N–H and O–H groups in total. The van der Waals surface area contributed by atoms with E-state index in [0.29, 0.717) is 33.5 Å². The summed E-state index contributed by atoms with van der Waals surface area (Å²) in [6.07, 6.45) is 4.44. The topological polar surface area (TPSA) is 111 Å². The van der Waals surface area contributed by atoms with Crippen molar-refractivity contribution in [2.45, 2.75) is 0 Å². The van der Waals surface area contributed by atoms with Crippen LogP contribution in [0.25, 0.3) is 16.6 Å². The van der Waals surface area contributed by atoms with Crippen LogP contribution in [0.1, 0.15) is 26.3 Å². The first kappa shape index (κ1) is 21.5. The number of carbonyl (C=O) groups excluding carboxylic acids is 2. The van der Waals surface area contributed by atoms with E-state index in [4.69, 9.17) is 10.1 Å². The van der Waals surface area contributed by atoms with Crippen LogP contribution in [0.2, 0.25) is 0 Å². The second kappa shape index (κ2) is 9.08. The Bertz CT molecular complexity index is 1190. The first-order valence-electron chi connectivity index (χ1n) is 9.42. The molecule has 0 atom stereocenters. The highest BCUT2D eigenvalue weighted by Crippen LogP contribution is 2.31. The minimum Gasteiger partial charge on any atom is -0.494 e. The Labute approximate surface area is 179 Å². The number of rotatable bonds is 7. The molecule has 2 amide bonds. The maximum Gasteiger partial charge on any atom is 0.257 e. The number of nitrogens with zero attached hydrogens (tertiary/aromatic N) is 2. The number of aromatic amines is 1. The fourth-order valence-electron chi connectivity index (χ4n) is 3.01. The molecule has 0 saturated carbocycles. The monoisotopic (exact) mass is 417 g/mol. The smallest absolute Gasteiger partial charge is 0.257 e. The average molecular weight is 417 g/mol. The Balaban J connectivity index is 1.90. The number of hydrogen-bond acceptors (Lipinski definition) is 5. The summed E-state index contributed by atoms with van der Waals surface area (Å²) in [5.74, 6) is 0.317. The van der Waals surface area contributed by atoms with Crippen molar-refractivity contribution < 1.29 is 14.3 Å². The molecule has 3 aromatic rings. The highest BCUT2D eigenvalue weighted by Gasteiger charge is 2.16. The maximum atomic E-state index is 12.7. The molecule has 0 aliphatic rings. The van der Waals surface area contributed by atoms with E-state index in [9.17, 15) is 9.59 Å². The van der Waals surface area contributed by atoms with Crippen molar-refractivity contribution in [1.29, 1.82) is 5.41 Å². The molecule has 0 saturated heterocycles. The Morgan fingerprint density at radius 2 is 1.84 bits per heavy atom. The number of anilines is 1. The molecule has 0 unspecified atom stereocenters. The summed E-state index contributed by atoms with van der Waals surface area (Å²) in [7, 11) is 4.89. The van der Waals surface area contributed by atoms with Crippen LogP contribution in [0, 0.1) is 5.41 Å². The molecular formula is C23H23N5O3. The summed E-state index contributed by atoms with van der Waals surface area (Å²) < 4.78 is 5.40. The lowest BCUT2D eigenvalue weighted by molar-refractivity contribution is 0.0827. The Morgan fingerprint density at radius 3 is 2.45 bits per heavy atom. The predicted molar refractivity (Wildman–Crippen MR) is 122 cm³/mol. The van der Waals surface area contributed by atoms with Gasteiger partial charge in [-0.05, 0) is 48.0 Å². The maximum absolute atomic E-state index is 12.7. The molecule has 2 aromatic carbocycles. The number of imidazole rings is 1. The average Bonchev–Trinajstić information content (AvgIpc) is 3.19. The Hall–Kier alpha value is -4.20. The van der Waals surface area contributed by atoms with E-state index in [1.807, 2.05) is 6.07 Å². The molecule has 31 heavy (non-hydrogen) atoms. The minimum atomic E-state index is -0.369. The first-order valence-corrected chi connectivity index (χ1v) is 9.42. The van der Waals surface area contributed by atoms with Gasteiger partial charge >= 0.3 is 0 Å². The largest absolute Gasteiger partial charge is 0.494 e. The van der Waals surface area contributed by atoms with E-state index < -0.39 is 0 Å². The molecule has 8 heteroatoms. The molecule has 1 heterocycles. The summed E-state index contributed by atoms with van der Waals surface area (Å²) in [6, 6.07) is 10.00. The first-order chi connectivity index (χ1) is 14.8. The highest BCUT2D eigenvalue weighted by molar-refractivity contribution is 6.05. The number of allylic oxidation sites excluding steroid dienone is 3. The van der Waals surface area contributed by atoms with Crippen LogP contribution >= 0.6 is 0 Å². The highest BCUT2D eigenvalue weighted by atomic mass is 16.5. The van der Waals surface area contributed by atoms with E-state index in [-0.39, 0.29) is 17.8 Å². The van der Waals surface area contributed by atoms with Crippen molar-refractivity contribution in [1.82, 2.24) is 14.9 Å². The van der Waals surface area contributed by atoms with Gasteiger partial charge in [0.25, 0.3) is 11.8 Å². The van der Waals surface area contributed by atoms with Crippen molar-refractivity contribution in [3.8, 4) is 5.75 Å². The molecule has 158 valence electrons. The minimum absolute atomic E-state index is 0.138. The number of fused-ring (bicyclic) bond motifs is 1. The molecule has 0 spiro atoms. The number of aromatic nitrogens is 2. The molecular weight excluding hydrogens is 394 g/mol. The number of hydrogen-bond donors (Lipinski definition) is 3. The zero-order valence-electron chi connectivity index (χ0n) is 17.5. The zero-order valence-corrected chi connectivity index (χ0v) is 17.5. The third-order valence-corrected chi connectivity index (χ3v) is 4.60. The molecule has 0 aliphatic heterocycles. The number of methoxy groups -OCH3 is 1. The van der Waals surface area contributed by atoms with Gasteiger partial charge in [0.1, 0.15) is 16.8 Å². The van der Waals surface area contributed by atoms with E-state index in [2.05, 4.69) is 21.9 Å². The molecule has 8 nitrogen and oxygen atoms in total. The van der Waals surface area contributed by atoms with Gasteiger partial charge in [0.05, 0.1) is 7.11 Å². The van der Waals surface area contributed by atoms with Crippen LogP contribution in [0.5, 0.6) is 5.75 Å². The molecule has 0 radical (unpaired) electrons. The van der Waals surface area contributed by atoms with E-state index in [1.165, 1.54) is 11.1 Å². The van der Waals surface area contributed by atoms with E-state index >= 15 is 0 Å². The summed E-state index contributed by atoms with van der Waals surface area (Å²) in [5.41, 5.74) is 3.50. The normalized spacial score (nSPS) is 10.8. The molecule has 0 fully saturated rings. The lowest BCUT2D eigenvalue weighted by atomic mass is 10.0. The number of carbonyl (C=O) groups is 2. The standard InChI is InChI=1S/C23H23N5O3/c1-14(6-5-13-24)17-11-12-18(31-4)20-19(17)25-23(26-20)27-21(29)15-7-9-16(10-8-15)22(30)28(2)3/h5-13,24H,1H2,2-4H3,(H2,25,26,27,29)/b6-5-,24-13?. The van der Waals surface area contributed by atoms with Crippen LogP contribution < -0.4 is 10.1 Å². The van der Waals surface area contributed by atoms with Crippen LogP contribution in [0.3, 0.4) is 0 Å². The van der Waals surface area contributed by atoms with Crippen molar-refractivity contribution >= 4 is 40.6 Å². The van der Waals surface area contributed by atoms with Gasteiger partial charge in [-0.3, -0.25) is 14.9 Å². The van der Waals surface area contributed by atoms with Gasteiger partial charge < -0.3 is 20.0 Å². The zero-order chi connectivity index (χ0) is 22.5. The summed E-state index contributed by atoms with van der Waals surface area (Å²) in [4.78, 5) is 33.7. The predicted octanol–water partition coefficient (Wildman–Crippen LogP) is 3.74. The molecule has 1 aromatic heterocycles. The Kier molecular flexibility index (Phi) is 6.30. The van der Waals surface area contributed by atoms with Gasteiger partial charge in [0.2, 0.25) is 5.95 Å². The van der Waals surface area contributed by atoms with Crippen LogP contribution in [0.15, 0.2) is 55.1 Å². The number of ether oxygens (including phenoxy) is 1. The molecule has 3 rings (SSSR count). The van der Waals surface area contributed by atoms with Gasteiger partial charge in [-0.25, -0.2) is 4.98 Å². The van der Waals surface area contributed by atoms with Crippen LogP contribution in [-0.4, -0.2) is 54.1 Å². The van der Waals surface area contributed by atoms with Gasteiger partial charge in [0.15, 0.2) is 0 Å². The van der Waals surface area contributed by atoms with E-state index in [0.717, 1.165) is 5.56 Å². The summed E-state index contributed by atoms with van der Waals surface area (Å²) in [6.45, 7) is 4.02. The molecule has 0 bridgehead atoms. The van der Waals surface area contributed by atoms with Crippen molar-refractivity contribution in [2.75, 3.05) is 26.5 Å². The fourth-order valence-corrected chi connectivity index (χ4v) is 3.01. The lowest BCUT2D eigenvalue weighted by Crippen LogP contribution is -2.21. The fraction of sp³-hybridized carbons (Fsp3) is 0.130. The summed E-state index contributed by atoms with van der Waals surface area (Å²) >= 11 is 0. The SMILES string of the molecule is C=C(/C=C\C=N)c1ccc(OC)c2[nH]c(NC(=O)c3ccc(C(=O)N(C)C)cc3)nc12. The van der Waals surface area contributed by atoms with Crippen LogP contribution in [-0.2, 0) is 0 Å². The number of amides is 2. The lowest BCUT2D eigenvalue weighted by Gasteiger charge is -2.10. The van der Waals surface area contributed by atoms with Crippen molar-refractivity contribution in [3.05, 3.63) is 71.8 Å². The third-order valence-electron chi connectivity index (χ3n) is 4.60. The quantitative estimate of drug-likeness (QED) is 0.402. The number of H-pyrrole nitrogens is 1. The van der Waals surface area contributed by atoms with Gasteiger partial charge in [-0.1, -0.05) is 12.7 Å². The Morgan fingerprint density at radius 1 is 1.16 bits per heavy atom. The molecule has 0 aliphatic carbocycles. The van der Waals surface area contributed by atoms with Gasteiger partial charge in [-0.15, -0.1) is 0 Å². The van der Waals surface area contributed by atoms with Crippen LogP contribution in [0.4, 0.5) is 5.95 Å². The van der Waals surface area contributed by atoms with Crippen molar-refractivity contribution in [3.63, 3.8) is 0 Å². The van der Waals surface area contributed by atoms with E-state index in [1.54, 1.807) is 63.7 Å². The second-order valence-corrected chi connectivity index (χ2v) is 6.91. The second-order valence-electron chi connectivity index (χ2n) is 6.91. The van der Waals surface area contributed by atoms with Crippen molar-refractivity contribution in [2.24, 2.45) is 0 Å². The number of nitrogens with one attached hydrogen (secondary N) is 3. The third kappa shape index (κ3) is 4.53. The van der Waals surface area contributed by atoms with Gasteiger partial charge in [0, 0.05) is 37.0 Å².